The van der Waals surface area contributed by atoms with Crippen molar-refractivity contribution in [1.29, 1.82) is 0 Å². The van der Waals surface area contributed by atoms with Gasteiger partial charge in [0.05, 0.1) is 6.42 Å². The second-order valence-electron chi connectivity index (χ2n) is 3.89. The lowest BCUT2D eigenvalue weighted by Gasteiger charge is -2.05. The van der Waals surface area contributed by atoms with E-state index in [0.717, 1.165) is 24.3 Å². The standard InChI is InChI=1S/C14H10Br2O2S/c15-10-3-6-13(12(16)8-10)19-11-4-1-9(2-5-11)7-14(17)18/h1-6,8H,7H2,(H,17,18). The number of hydrogen-bond acceptors (Lipinski definition) is 2. The minimum absolute atomic E-state index is 0.0624. The van der Waals surface area contributed by atoms with E-state index in [1.54, 1.807) is 11.8 Å². The first-order valence-electron chi connectivity index (χ1n) is 5.48. The molecule has 0 radical (unpaired) electrons. The third-order valence-electron chi connectivity index (χ3n) is 2.40. The molecule has 98 valence electrons. The molecule has 0 aromatic heterocycles. The van der Waals surface area contributed by atoms with E-state index in [1.807, 2.05) is 42.5 Å². The van der Waals surface area contributed by atoms with E-state index in [1.165, 1.54) is 0 Å². The van der Waals surface area contributed by atoms with Crippen molar-refractivity contribution in [3.8, 4) is 0 Å². The number of carboxylic acids is 1. The molecule has 0 fully saturated rings. The highest BCUT2D eigenvalue weighted by Gasteiger charge is 2.04. The number of halogens is 2. The topological polar surface area (TPSA) is 37.3 Å². The molecule has 0 saturated heterocycles. The van der Waals surface area contributed by atoms with Crippen LogP contribution < -0.4 is 0 Å². The van der Waals surface area contributed by atoms with Gasteiger partial charge >= 0.3 is 5.97 Å². The SMILES string of the molecule is O=C(O)Cc1ccc(Sc2ccc(Br)cc2Br)cc1. The number of carboxylic acid groups (broad SMARTS) is 1. The van der Waals surface area contributed by atoms with Crippen molar-refractivity contribution in [2.45, 2.75) is 16.2 Å². The van der Waals surface area contributed by atoms with Crippen LogP contribution in [0.5, 0.6) is 0 Å². The van der Waals surface area contributed by atoms with Gasteiger partial charge in [0.2, 0.25) is 0 Å². The molecule has 0 saturated carbocycles. The first-order valence-corrected chi connectivity index (χ1v) is 7.88. The van der Waals surface area contributed by atoms with Gasteiger partial charge in [0, 0.05) is 18.7 Å². The molecule has 2 nitrogen and oxygen atoms in total. The van der Waals surface area contributed by atoms with Gasteiger partial charge in [-0.25, -0.2) is 0 Å². The first-order chi connectivity index (χ1) is 9.04. The average molecular weight is 402 g/mol. The molecule has 0 unspecified atom stereocenters. The van der Waals surface area contributed by atoms with Gasteiger partial charge in [-0.2, -0.15) is 0 Å². The molecule has 0 aliphatic rings. The van der Waals surface area contributed by atoms with Crippen molar-refractivity contribution < 1.29 is 9.90 Å². The highest BCUT2D eigenvalue weighted by molar-refractivity contribution is 9.11. The minimum Gasteiger partial charge on any atom is -0.481 e. The van der Waals surface area contributed by atoms with Crippen LogP contribution in [0, 0.1) is 0 Å². The highest BCUT2D eigenvalue weighted by atomic mass is 79.9. The number of hydrogen-bond donors (Lipinski definition) is 1. The summed E-state index contributed by atoms with van der Waals surface area (Å²) < 4.78 is 2.06. The molecule has 0 amide bonds. The number of rotatable bonds is 4. The van der Waals surface area contributed by atoms with Gasteiger partial charge in [-0.3, -0.25) is 4.79 Å². The molecule has 2 rings (SSSR count). The van der Waals surface area contributed by atoms with E-state index in [4.69, 9.17) is 5.11 Å². The Balaban J connectivity index is 2.13. The van der Waals surface area contributed by atoms with Gasteiger partial charge in [0.1, 0.15) is 0 Å². The normalized spacial score (nSPS) is 10.4. The molecule has 1 N–H and O–H groups in total. The Morgan fingerprint density at radius 3 is 2.37 bits per heavy atom. The van der Waals surface area contributed by atoms with Crippen LogP contribution in [0.1, 0.15) is 5.56 Å². The summed E-state index contributed by atoms with van der Waals surface area (Å²) in [4.78, 5) is 12.8. The van der Waals surface area contributed by atoms with Crippen molar-refractivity contribution in [2.24, 2.45) is 0 Å². The van der Waals surface area contributed by atoms with Gasteiger partial charge in [-0.15, -0.1) is 0 Å². The summed E-state index contributed by atoms with van der Waals surface area (Å²) in [5.41, 5.74) is 0.812. The Bertz CT molecular complexity index is 597. The van der Waals surface area contributed by atoms with Crippen LogP contribution in [-0.4, -0.2) is 11.1 Å². The second-order valence-corrected chi connectivity index (χ2v) is 6.78. The lowest BCUT2D eigenvalue weighted by atomic mass is 10.2. The Kier molecular flexibility index (Phi) is 5.07. The fourth-order valence-electron chi connectivity index (χ4n) is 1.53. The zero-order valence-corrected chi connectivity index (χ0v) is 13.8. The van der Waals surface area contributed by atoms with Crippen molar-refractivity contribution >= 4 is 49.6 Å². The molecule has 0 atom stereocenters. The average Bonchev–Trinajstić information content (AvgIpc) is 2.34. The molecular formula is C14H10Br2O2S. The van der Waals surface area contributed by atoms with Crippen molar-refractivity contribution in [3.63, 3.8) is 0 Å². The quantitative estimate of drug-likeness (QED) is 0.783. The summed E-state index contributed by atoms with van der Waals surface area (Å²) in [5, 5.41) is 8.72. The van der Waals surface area contributed by atoms with Crippen LogP contribution in [0.2, 0.25) is 0 Å². The molecule has 0 spiro atoms. The predicted molar refractivity (Wildman–Crippen MR) is 83.7 cm³/mol. The lowest BCUT2D eigenvalue weighted by molar-refractivity contribution is -0.136. The third-order valence-corrected chi connectivity index (χ3v) is 4.90. The maximum absolute atomic E-state index is 10.6. The molecule has 5 heteroatoms. The monoisotopic (exact) mass is 400 g/mol. The fourth-order valence-corrected chi connectivity index (χ4v) is 3.64. The highest BCUT2D eigenvalue weighted by Crippen LogP contribution is 2.35. The Hall–Kier alpha value is -0.780. The summed E-state index contributed by atoms with van der Waals surface area (Å²) in [6, 6.07) is 13.6. The smallest absolute Gasteiger partial charge is 0.307 e. The molecule has 19 heavy (non-hydrogen) atoms. The zero-order chi connectivity index (χ0) is 13.8. The largest absolute Gasteiger partial charge is 0.481 e. The summed E-state index contributed by atoms with van der Waals surface area (Å²) in [5.74, 6) is -0.809. The fraction of sp³-hybridized carbons (Fsp3) is 0.0714. The molecule has 0 heterocycles. The van der Waals surface area contributed by atoms with Crippen LogP contribution in [0.25, 0.3) is 0 Å². The predicted octanol–water partition coefficient (Wildman–Crippen LogP) is 4.99. The van der Waals surface area contributed by atoms with E-state index in [-0.39, 0.29) is 6.42 Å². The molecule has 2 aromatic carbocycles. The molecule has 0 bridgehead atoms. The Morgan fingerprint density at radius 2 is 1.79 bits per heavy atom. The maximum Gasteiger partial charge on any atom is 0.307 e. The van der Waals surface area contributed by atoms with Gasteiger partial charge in [0.15, 0.2) is 0 Å². The summed E-state index contributed by atoms with van der Waals surface area (Å²) in [6.45, 7) is 0. The number of carbonyl (C=O) groups is 1. The summed E-state index contributed by atoms with van der Waals surface area (Å²) >= 11 is 8.58. The number of benzene rings is 2. The maximum atomic E-state index is 10.6. The molecule has 0 aliphatic heterocycles. The van der Waals surface area contributed by atoms with Crippen LogP contribution in [0.3, 0.4) is 0 Å². The Labute approximate surface area is 132 Å². The summed E-state index contributed by atoms with van der Waals surface area (Å²) in [6.07, 6.45) is 0.0624. The second kappa shape index (κ2) is 6.59. The van der Waals surface area contributed by atoms with Crippen molar-refractivity contribution in [1.82, 2.24) is 0 Å². The van der Waals surface area contributed by atoms with Gasteiger partial charge in [-0.05, 0) is 51.8 Å². The van der Waals surface area contributed by atoms with Crippen molar-refractivity contribution in [2.75, 3.05) is 0 Å². The van der Waals surface area contributed by atoms with E-state index >= 15 is 0 Å². The molecular weight excluding hydrogens is 392 g/mol. The van der Waals surface area contributed by atoms with Crippen LogP contribution in [0.4, 0.5) is 0 Å². The minimum atomic E-state index is -0.809. The van der Waals surface area contributed by atoms with Crippen LogP contribution >= 0.6 is 43.6 Å². The van der Waals surface area contributed by atoms with E-state index in [0.29, 0.717) is 0 Å². The van der Waals surface area contributed by atoms with E-state index in [2.05, 4.69) is 31.9 Å². The van der Waals surface area contributed by atoms with Gasteiger partial charge in [-0.1, -0.05) is 39.8 Å². The summed E-state index contributed by atoms with van der Waals surface area (Å²) in [7, 11) is 0. The third kappa shape index (κ3) is 4.37. The van der Waals surface area contributed by atoms with Crippen LogP contribution in [0.15, 0.2) is 61.2 Å². The first kappa shape index (κ1) is 14.6. The van der Waals surface area contributed by atoms with Gasteiger partial charge < -0.3 is 5.11 Å². The Morgan fingerprint density at radius 1 is 1.11 bits per heavy atom. The van der Waals surface area contributed by atoms with Crippen LogP contribution in [-0.2, 0) is 11.2 Å². The number of aliphatic carboxylic acids is 1. The van der Waals surface area contributed by atoms with Crippen molar-refractivity contribution in [3.05, 3.63) is 57.0 Å². The zero-order valence-electron chi connectivity index (χ0n) is 9.77. The lowest BCUT2D eigenvalue weighted by Crippen LogP contribution is -1.99. The van der Waals surface area contributed by atoms with E-state index in [9.17, 15) is 4.79 Å². The van der Waals surface area contributed by atoms with Gasteiger partial charge in [0.25, 0.3) is 0 Å². The molecule has 0 aliphatic carbocycles. The van der Waals surface area contributed by atoms with E-state index < -0.39 is 5.97 Å². The molecule has 2 aromatic rings.